The molecule has 2 rings (SSSR count). The van der Waals surface area contributed by atoms with E-state index >= 15 is 0 Å². The highest BCUT2D eigenvalue weighted by Gasteiger charge is 2.27. The highest BCUT2D eigenvalue weighted by atomic mass is 16.5. The lowest BCUT2D eigenvalue weighted by Gasteiger charge is -2.22. The van der Waals surface area contributed by atoms with Gasteiger partial charge in [-0.3, -0.25) is 9.59 Å². The van der Waals surface area contributed by atoms with Crippen molar-refractivity contribution in [3.63, 3.8) is 0 Å². The minimum Gasteiger partial charge on any atom is -0.493 e. The van der Waals surface area contributed by atoms with Crippen LogP contribution in [0.2, 0.25) is 0 Å². The number of likely N-dealkylation sites (N-methyl/N-ethyl adjacent to an activating group) is 1. The van der Waals surface area contributed by atoms with E-state index in [0.717, 1.165) is 6.42 Å². The quantitative estimate of drug-likeness (QED) is 0.842. The van der Waals surface area contributed by atoms with Crippen molar-refractivity contribution in [3.8, 4) is 5.75 Å². The number of amides is 2. The van der Waals surface area contributed by atoms with E-state index < -0.39 is 0 Å². The number of anilines is 1. The van der Waals surface area contributed by atoms with Gasteiger partial charge < -0.3 is 20.3 Å². The van der Waals surface area contributed by atoms with Crippen LogP contribution in [-0.4, -0.2) is 54.9 Å². The maximum Gasteiger partial charge on any atom is 0.260 e. The molecule has 1 heterocycles. The molecular weight excluding hydrogens is 270 g/mol. The van der Waals surface area contributed by atoms with Gasteiger partial charge in [0.05, 0.1) is 6.61 Å². The Bertz CT molecular complexity index is 545. The molecule has 1 aliphatic rings. The van der Waals surface area contributed by atoms with Crippen molar-refractivity contribution in [2.45, 2.75) is 13.3 Å². The van der Waals surface area contributed by atoms with E-state index in [0.29, 0.717) is 36.7 Å². The van der Waals surface area contributed by atoms with Gasteiger partial charge in [0.15, 0.2) is 0 Å². The van der Waals surface area contributed by atoms with Gasteiger partial charge in [0.25, 0.3) is 5.91 Å². The van der Waals surface area contributed by atoms with Crippen LogP contribution in [0.5, 0.6) is 5.75 Å². The molecule has 0 aliphatic carbocycles. The first-order chi connectivity index (χ1) is 10.0. The van der Waals surface area contributed by atoms with Gasteiger partial charge in [-0.25, -0.2) is 0 Å². The molecule has 6 nitrogen and oxygen atoms in total. The normalized spacial score (nSPS) is 15.8. The Labute approximate surface area is 124 Å². The van der Waals surface area contributed by atoms with Crippen molar-refractivity contribution in [1.82, 2.24) is 9.80 Å². The Balaban J connectivity index is 2.29. The van der Waals surface area contributed by atoms with Crippen LogP contribution >= 0.6 is 0 Å². The lowest BCUT2D eigenvalue weighted by atomic mass is 10.1. The van der Waals surface area contributed by atoms with Gasteiger partial charge in [-0.1, -0.05) is 6.07 Å². The summed E-state index contributed by atoms with van der Waals surface area (Å²) in [4.78, 5) is 27.8. The Kier molecular flexibility index (Phi) is 4.67. The fourth-order valence-corrected chi connectivity index (χ4v) is 2.37. The van der Waals surface area contributed by atoms with Crippen molar-refractivity contribution >= 4 is 17.5 Å². The number of rotatable bonds is 3. The van der Waals surface area contributed by atoms with Crippen molar-refractivity contribution in [1.29, 1.82) is 0 Å². The number of nitrogen functional groups attached to an aromatic ring is 1. The van der Waals surface area contributed by atoms with Crippen molar-refractivity contribution in [2.75, 3.05) is 39.0 Å². The van der Waals surface area contributed by atoms with E-state index in [-0.39, 0.29) is 18.4 Å². The monoisotopic (exact) mass is 291 g/mol. The second kappa shape index (κ2) is 6.47. The van der Waals surface area contributed by atoms with Gasteiger partial charge >= 0.3 is 0 Å². The molecule has 1 aromatic rings. The van der Waals surface area contributed by atoms with Crippen LogP contribution in [0.15, 0.2) is 18.2 Å². The number of hydrogen-bond donors (Lipinski definition) is 1. The maximum atomic E-state index is 12.7. The standard InChI is InChI=1S/C15H21N3O3/c1-3-21-12-7-4-6-11(16)14(12)15(20)18-9-5-8-17(2)13(19)10-18/h4,6-7H,3,5,8-10,16H2,1-2H3. The van der Waals surface area contributed by atoms with E-state index in [9.17, 15) is 9.59 Å². The maximum absolute atomic E-state index is 12.7. The summed E-state index contributed by atoms with van der Waals surface area (Å²) in [7, 11) is 1.75. The molecule has 0 saturated carbocycles. The second-order valence-electron chi connectivity index (χ2n) is 5.05. The van der Waals surface area contributed by atoms with Gasteiger partial charge in [0.2, 0.25) is 5.91 Å². The van der Waals surface area contributed by atoms with E-state index in [2.05, 4.69) is 0 Å². The molecule has 0 atom stereocenters. The molecule has 21 heavy (non-hydrogen) atoms. The zero-order valence-corrected chi connectivity index (χ0v) is 12.5. The minimum absolute atomic E-state index is 0.0617. The van der Waals surface area contributed by atoms with Crippen molar-refractivity contribution in [3.05, 3.63) is 23.8 Å². The first-order valence-corrected chi connectivity index (χ1v) is 7.09. The SMILES string of the molecule is CCOc1cccc(N)c1C(=O)N1CCCN(C)C(=O)C1. The Morgan fingerprint density at radius 3 is 2.86 bits per heavy atom. The third kappa shape index (κ3) is 3.26. The number of carbonyl (C=O) groups is 2. The van der Waals surface area contributed by atoms with Gasteiger partial charge in [-0.2, -0.15) is 0 Å². The second-order valence-corrected chi connectivity index (χ2v) is 5.05. The summed E-state index contributed by atoms with van der Waals surface area (Å²) in [6, 6.07) is 5.14. The third-order valence-corrected chi connectivity index (χ3v) is 3.53. The topological polar surface area (TPSA) is 75.9 Å². The number of nitrogens with two attached hydrogens (primary N) is 1. The lowest BCUT2D eigenvalue weighted by Crippen LogP contribution is -2.38. The predicted molar refractivity (Wildman–Crippen MR) is 80.2 cm³/mol. The zero-order valence-electron chi connectivity index (χ0n) is 12.5. The van der Waals surface area contributed by atoms with Gasteiger partial charge in [0, 0.05) is 25.8 Å². The molecule has 0 spiro atoms. The van der Waals surface area contributed by atoms with E-state index in [1.165, 1.54) is 0 Å². The number of carbonyl (C=O) groups excluding carboxylic acids is 2. The van der Waals surface area contributed by atoms with Crippen molar-refractivity contribution in [2.24, 2.45) is 0 Å². The van der Waals surface area contributed by atoms with Crippen molar-refractivity contribution < 1.29 is 14.3 Å². The first kappa shape index (κ1) is 15.2. The molecule has 0 bridgehead atoms. The molecule has 1 fully saturated rings. The fraction of sp³-hybridized carbons (Fsp3) is 0.467. The Morgan fingerprint density at radius 1 is 1.38 bits per heavy atom. The average molecular weight is 291 g/mol. The van der Waals surface area contributed by atoms with Crippen LogP contribution in [0.4, 0.5) is 5.69 Å². The molecule has 1 aromatic carbocycles. The first-order valence-electron chi connectivity index (χ1n) is 7.09. The van der Waals surface area contributed by atoms with Crippen LogP contribution in [0.3, 0.4) is 0 Å². The van der Waals surface area contributed by atoms with Crippen LogP contribution < -0.4 is 10.5 Å². The smallest absolute Gasteiger partial charge is 0.260 e. The van der Waals surface area contributed by atoms with E-state index in [1.54, 1.807) is 35.0 Å². The summed E-state index contributed by atoms with van der Waals surface area (Å²) in [5.41, 5.74) is 6.65. The van der Waals surface area contributed by atoms with Crippen LogP contribution in [-0.2, 0) is 4.79 Å². The molecule has 1 saturated heterocycles. The molecular formula is C15H21N3O3. The Morgan fingerprint density at radius 2 is 2.14 bits per heavy atom. The van der Waals surface area contributed by atoms with Gasteiger partial charge in [-0.05, 0) is 25.5 Å². The number of nitrogens with zero attached hydrogens (tertiary/aromatic N) is 2. The molecule has 2 N–H and O–H groups in total. The molecule has 6 heteroatoms. The van der Waals surface area contributed by atoms with Crippen LogP contribution in [0, 0.1) is 0 Å². The fourth-order valence-electron chi connectivity index (χ4n) is 2.37. The number of benzene rings is 1. The van der Waals surface area contributed by atoms with Crippen LogP contribution in [0.25, 0.3) is 0 Å². The van der Waals surface area contributed by atoms with Crippen LogP contribution in [0.1, 0.15) is 23.7 Å². The van der Waals surface area contributed by atoms with E-state index in [4.69, 9.17) is 10.5 Å². The lowest BCUT2D eigenvalue weighted by molar-refractivity contribution is -0.129. The average Bonchev–Trinajstić information content (AvgIpc) is 2.61. The molecule has 0 unspecified atom stereocenters. The van der Waals surface area contributed by atoms with Gasteiger partial charge in [-0.15, -0.1) is 0 Å². The van der Waals surface area contributed by atoms with Gasteiger partial charge in [0.1, 0.15) is 17.9 Å². The minimum atomic E-state index is -0.250. The molecule has 114 valence electrons. The highest BCUT2D eigenvalue weighted by molar-refractivity contribution is 6.03. The summed E-state index contributed by atoms with van der Waals surface area (Å²) in [5, 5.41) is 0. The molecule has 2 amide bonds. The predicted octanol–water partition coefficient (Wildman–Crippen LogP) is 0.972. The summed E-state index contributed by atoms with van der Waals surface area (Å²) in [6.07, 6.45) is 0.755. The summed E-state index contributed by atoms with van der Waals surface area (Å²) < 4.78 is 5.49. The molecule has 0 radical (unpaired) electrons. The number of ether oxygens (including phenoxy) is 1. The highest BCUT2D eigenvalue weighted by Crippen LogP contribution is 2.26. The summed E-state index contributed by atoms with van der Waals surface area (Å²) >= 11 is 0. The summed E-state index contributed by atoms with van der Waals surface area (Å²) in [5.74, 6) is 0.154. The summed E-state index contributed by atoms with van der Waals surface area (Å²) in [6.45, 7) is 3.57. The zero-order chi connectivity index (χ0) is 15.4. The molecule has 0 aromatic heterocycles. The Hall–Kier alpha value is -2.24. The van der Waals surface area contributed by atoms with E-state index in [1.807, 2.05) is 6.92 Å². The molecule has 1 aliphatic heterocycles. The largest absolute Gasteiger partial charge is 0.493 e. The number of hydrogen-bond acceptors (Lipinski definition) is 4. The third-order valence-electron chi connectivity index (χ3n) is 3.53.